The highest BCUT2D eigenvalue weighted by Crippen LogP contribution is 2.18. The number of halogens is 1. The molecule has 5 heteroatoms. The molecule has 0 heterocycles. The largest absolute Gasteiger partial charge is 0.369 e. The molecule has 2 aromatic carbocycles. The van der Waals surface area contributed by atoms with Crippen LogP contribution in [0.3, 0.4) is 0 Å². The Labute approximate surface area is 124 Å². The van der Waals surface area contributed by atoms with Gasteiger partial charge in [-0.25, -0.2) is 5.43 Å². The third-order valence-corrected chi connectivity index (χ3v) is 2.65. The Balaban J connectivity index is 0.00000200. The van der Waals surface area contributed by atoms with E-state index in [-0.39, 0.29) is 18.4 Å². The lowest BCUT2D eigenvalue weighted by atomic mass is 10.0. The molecule has 2 aromatic rings. The van der Waals surface area contributed by atoms with Crippen LogP contribution in [0.15, 0.2) is 64.7 Å². The van der Waals surface area contributed by atoms with Crippen LogP contribution in [0, 0.1) is 0 Å². The highest BCUT2D eigenvalue weighted by atomic mass is 35.5. The fraction of sp³-hybridized carbons (Fsp3) is 0.0667. The molecule has 104 valence electrons. The van der Waals surface area contributed by atoms with Crippen molar-refractivity contribution in [2.45, 2.75) is 0 Å². The van der Waals surface area contributed by atoms with Crippen LogP contribution in [0.5, 0.6) is 0 Å². The number of benzene rings is 2. The molecule has 0 fully saturated rings. The first kappa shape index (κ1) is 15.7. The monoisotopic (exact) mass is 288 g/mol. The molecule has 20 heavy (non-hydrogen) atoms. The number of aliphatic imine (C=N–C) groups is 1. The summed E-state index contributed by atoms with van der Waals surface area (Å²) in [5.41, 5.74) is 11.5. The maximum absolute atomic E-state index is 5.46. The SMILES string of the molecule is CN=C(N)NN=Cc1ccc(-c2ccccc2)cc1.Cl. The Kier molecular flexibility index (Phi) is 6.26. The quantitative estimate of drug-likeness (QED) is 0.518. The van der Waals surface area contributed by atoms with Crippen LogP contribution in [0.1, 0.15) is 5.56 Å². The van der Waals surface area contributed by atoms with E-state index in [0.29, 0.717) is 0 Å². The molecule has 2 rings (SSSR count). The number of nitrogens with two attached hydrogens (primary N) is 1. The summed E-state index contributed by atoms with van der Waals surface area (Å²) in [7, 11) is 1.60. The molecule has 0 spiro atoms. The molecule has 0 saturated heterocycles. The van der Waals surface area contributed by atoms with E-state index in [4.69, 9.17) is 5.73 Å². The van der Waals surface area contributed by atoms with E-state index < -0.39 is 0 Å². The predicted octanol–water partition coefficient (Wildman–Crippen LogP) is 2.64. The first-order chi connectivity index (χ1) is 9.29. The molecule has 0 atom stereocenters. The minimum absolute atomic E-state index is 0. The number of nitrogens with one attached hydrogen (secondary N) is 1. The van der Waals surface area contributed by atoms with Crippen molar-refractivity contribution in [1.82, 2.24) is 5.43 Å². The number of hydrogen-bond acceptors (Lipinski definition) is 2. The Bertz CT molecular complexity index is 577. The average Bonchev–Trinajstić information content (AvgIpc) is 2.48. The lowest BCUT2D eigenvalue weighted by Crippen LogP contribution is -2.26. The van der Waals surface area contributed by atoms with E-state index in [9.17, 15) is 0 Å². The van der Waals surface area contributed by atoms with Crippen molar-refractivity contribution in [2.75, 3.05) is 7.05 Å². The molecule has 0 aliphatic carbocycles. The Morgan fingerprint density at radius 3 is 2.20 bits per heavy atom. The van der Waals surface area contributed by atoms with Gasteiger partial charge in [0.1, 0.15) is 0 Å². The molecular formula is C15H17ClN4. The fourth-order valence-electron chi connectivity index (χ4n) is 1.62. The van der Waals surface area contributed by atoms with Crippen molar-refractivity contribution in [3.8, 4) is 11.1 Å². The zero-order chi connectivity index (χ0) is 13.5. The predicted molar refractivity (Wildman–Crippen MR) is 87.4 cm³/mol. The van der Waals surface area contributed by atoms with Gasteiger partial charge >= 0.3 is 0 Å². The number of rotatable bonds is 3. The van der Waals surface area contributed by atoms with E-state index in [1.807, 2.05) is 30.3 Å². The van der Waals surface area contributed by atoms with Gasteiger partial charge in [0.2, 0.25) is 5.96 Å². The van der Waals surface area contributed by atoms with Crippen LogP contribution in [0.2, 0.25) is 0 Å². The molecule has 0 saturated carbocycles. The third-order valence-electron chi connectivity index (χ3n) is 2.65. The summed E-state index contributed by atoms with van der Waals surface area (Å²) in [6.07, 6.45) is 1.70. The van der Waals surface area contributed by atoms with Gasteiger partial charge in [0.15, 0.2) is 0 Å². The van der Waals surface area contributed by atoms with Crippen LogP contribution in [-0.4, -0.2) is 19.2 Å². The maximum atomic E-state index is 5.46. The fourth-order valence-corrected chi connectivity index (χ4v) is 1.62. The van der Waals surface area contributed by atoms with Crippen molar-refractivity contribution in [3.05, 3.63) is 60.2 Å². The minimum Gasteiger partial charge on any atom is -0.369 e. The van der Waals surface area contributed by atoms with Gasteiger partial charge in [-0.2, -0.15) is 5.10 Å². The normalized spacial score (nSPS) is 11.2. The van der Waals surface area contributed by atoms with E-state index in [1.54, 1.807) is 13.3 Å². The van der Waals surface area contributed by atoms with E-state index >= 15 is 0 Å². The topological polar surface area (TPSA) is 62.8 Å². The van der Waals surface area contributed by atoms with E-state index in [1.165, 1.54) is 11.1 Å². The summed E-state index contributed by atoms with van der Waals surface area (Å²) in [6.45, 7) is 0. The van der Waals surface area contributed by atoms with Crippen LogP contribution in [0.25, 0.3) is 11.1 Å². The average molecular weight is 289 g/mol. The van der Waals surface area contributed by atoms with Crippen LogP contribution < -0.4 is 11.2 Å². The Hall–Kier alpha value is -2.33. The van der Waals surface area contributed by atoms with E-state index in [0.717, 1.165) is 5.56 Å². The van der Waals surface area contributed by atoms with Gasteiger partial charge in [-0.3, -0.25) is 4.99 Å². The van der Waals surface area contributed by atoms with Gasteiger partial charge in [-0.15, -0.1) is 12.4 Å². The van der Waals surface area contributed by atoms with Gasteiger partial charge in [-0.05, 0) is 16.7 Å². The van der Waals surface area contributed by atoms with Crippen LogP contribution >= 0.6 is 12.4 Å². The van der Waals surface area contributed by atoms with Gasteiger partial charge in [0.25, 0.3) is 0 Å². The van der Waals surface area contributed by atoms with E-state index in [2.05, 4.69) is 39.8 Å². The smallest absolute Gasteiger partial charge is 0.209 e. The first-order valence-electron chi connectivity index (χ1n) is 5.96. The minimum atomic E-state index is 0. The summed E-state index contributed by atoms with van der Waals surface area (Å²) in [5.74, 6) is 0.289. The second-order valence-electron chi connectivity index (χ2n) is 3.97. The summed E-state index contributed by atoms with van der Waals surface area (Å²) < 4.78 is 0. The van der Waals surface area contributed by atoms with Crippen molar-refractivity contribution < 1.29 is 0 Å². The van der Waals surface area contributed by atoms with Crippen molar-refractivity contribution in [3.63, 3.8) is 0 Å². The second-order valence-corrected chi connectivity index (χ2v) is 3.97. The van der Waals surface area contributed by atoms with Gasteiger partial charge < -0.3 is 5.73 Å². The number of hydrazone groups is 1. The summed E-state index contributed by atoms with van der Waals surface area (Å²) >= 11 is 0. The number of guanidine groups is 1. The highest BCUT2D eigenvalue weighted by Gasteiger charge is 1.95. The summed E-state index contributed by atoms with van der Waals surface area (Å²) in [4.78, 5) is 3.74. The lowest BCUT2D eigenvalue weighted by Gasteiger charge is -2.01. The molecule has 4 nitrogen and oxygen atoms in total. The molecule has 0 aliphatic rings. The second kappa shape index (κ2) is 7.96. The standard InChI is InChI=1S/C15H16N4.ClH/c1-17-15(16)19-18-11-12-7-9-14(10-8-12)13-5-3-2-4-6-13;/h2-11H,1H3,(H3,16,17,19);1H. The lowest BCUT2D eigenvalue weighted by molar-refractivity contribution is 1.01. The van der Waals surface area contributed by atoms with Gasteiger partial charge in [0, 0.05) is 7.05 Å². The molecule has 0 amide bonds. The third kappa shape index (κ3) is 4.40. The Morgan fingerprint density at radius 1 is 1.00 bits per heavy atom. The van der Waals surface area contributed by atoms with Crippen molar-refractivity contribution >= 4 is 24.6 Å². The van der Waals surface area contributed by atoms with Crippen LogP contribution in [-0.2, 0) is 0 Å². The maximum Gasteiger partial charge on any atom is 0.209 e. The highest BCUT2D eigenvalue weighted by molar-refractivity contribution is 5.85. The molecule has 0 unspecified atom stereocenters. The molecule has 3 N–H and O–H groups in total. The van der Waals surface area contributed by atoms with Crippen molar-refractivity contribution in [2.24, 2.45) is 15.8 Å². The Morgan fingerprint density at radius 2 is 1.60 bits per heavy atom. The molecule has 0 bridgehead atoms. The first-order valence-corrected chi connectivity index (χ1v) is 5.96. The molecular weight excluding hydrogens is 272 g/mol. The molecule has 0 radical (unpaired) electrons. The van der Waals surface area contributed by atoms with Crippen LogP contribution in [0.4, 0.5) is 0 Å². The van der Waals surface area contributed by atoms with Crippen molar-refractivity contribution in [1.29, 1.82) is 0 Å². The van der Waals surface area contributed by atoms with Gasteiger partial charge in [0.05, 0.1) is 6.21 Å². The molecule has 0 aliphatic heterocycles. The number of nitrogens with zero attached hydrogens (tertiary/aromatic N) is 2. The zero-order valence-corrected chi connectivity index (χ0v) is 12.0. The van der Waals surface area contributed by atoms with Gasteiger partial charge in [-0.1, -0.05) is 54.6 Å². The number of hydrogen-bond donors (Lipinski definition) is 2. The summed E-state index contributed by atoms with van der Waals surface area (Å²) in [5, 5.41) is 3.98. The summed E-state index contributed by atoms with van der Waals surface area (Å²) in [6, 6.07) is 18.4. The molecule has 0 aromatic heterocycles. The zero-order valence-electron chi connectivity index (χ0n) is 11.2.